The molecule has 2 aromatic rings. The molecule has 1 aromatic heterocycles. The summed E-state index contributed by atoms with van der Waals surface area (Å²) in [7, 11) is 0. The van der Waals surface area contributed by atoms with Gasteiger partial charge in [0.2, 0.25) is 0 Å². The zero-order valence-corrected chi connectivity index (χ0v) is 7.01. The molecule has 1 heterocycles. The summed E-state index contributed by atoms with van der Waals surface area (Å²) in [5, 5.41) is 0.528. The number of rotatable bonds is 0. The molecule has 0 atom stereocenters. The van der Waals surface area contributed by atoms with Crippen molar-refractivity contribution in [3.05, 3.63) is 41.6 Å². The van der Waals surface area contributed by atoms with E-state index in [1.807, 2.05) is 0 Å². The van der Waals surface area contributed by atoms with Crippen molar-refractivity contribution in [2.24, 2.45) is 0 Å². The number of pyridine rings is 1. The van der Waals surface area contributed by atoms with E-state index >= 15 is 0 Å². The van der Waals surface area contributed by atoms with Crippen molar-refractivity contribution in [2.75, 3.05) is 0 Å². The Morgan fingerprint density at radius 2 is 2.00 bits per heavy atom. The Balaban J connectivity index is 2.94. The monoisotopic (exact) mass is 179 g/mol. The van der Waals surface area contributed by atoms with Crippen LogP contribution in [0.2, 0.25) is 0 Å². The molecule has 0 amide bonds. The second kappa shape index (κ2) is 2.76. The van der Waals surface area contributed by atoms with E-state index in [1.54, 1.807) is 13.0 Å². The Morgan fingerprint density at radius 1 is 1.23 bits per heavy atom. The topological polar surface area (TPSA) is 12.9 Å². The molecule has 1 aromatic carbocycles. The Hall–Kier alpha value is -1.51. The molecule has 0 saturated carbocycles. The first-order chi connectivity index (χ1) is 6.18. The van der Waals surface area contributed by atoms with E-state index in [9.17, 15) is 8.78 Å². The van der Waals surface area contributed by atoms with Crippen molar-refractivity contribution in [3.63, 3.8) is 0 Å². The molecular weight excluding hydrogens is 172 g/mol. The van der Waals surface area contributed by atoms with Crippen LogP contribution in [0.4, 0.5) is 8.78 Å². The fourth-order valence-corrected chi connectivity index (χ4v) is 1.31. The average molecular weight is 179 g/mol. The molecule has 0 spiro atoms. The van der Waals surface area contributed by atoms with Crippen LogP contribution < -0.4 is 0 Å². The van der Waals surface area contributed by atoms with Crippen LogP contribution in [0.25, 0.3) is 10.9 Å². The van der Waals surface area contributed by atoms with Crippen molar-refractivity contribution >= 4 is 10.9 Å². The second-order valence-corrected chi connectivity index (χ2v) is 2.91. The molecule has 0 N–H and O–H groups in total. The lowest BCUT2D eigenvalue weighted by atomic mass is 10.1. The van der Waals surface area contributed by atoms with Crippen LogP contribution in [-0.4, -0.2) is 4.98 Å². The quantitative estimate of drug-likeness (QED) is 0.606. The van der Waals surface area contributed by atoms with Gasteiger partial charge in [0.25, 0.3) is 0 Å². The SMILES string of the molecule is Cc1ccnc2c(F)cc(F)cc12. The molecule has 0 fully saturated rings. The fourth-order valence-electron chi connectivity index (χ4n) is 1.31. The number of nitrogens with zero attached hydrogens (tertiary/aromatic N) is 1. The van der Waals surface area contributed by atoms with Crippen molar-refractivity contribution in [1.29, 1.82) is 0 Å². The Kier molecular flexibility index (Phi) is 1.72. The van der Waals surface area contributed by atoms with Crippen molar-refractivity contribution < 1.29 is 8.78 Å². The molecule has 0 unspecified atom stereocenters. The standard InChI is InChI=1S/C10H7F2N/c1-6-2-3-13-10-8(6)4-7(11)5-9(10)12/h2-5H,1H3. The van der Waals surface area contributed by atoms with E-state index in [-0.39, 0.29) is 5.52 Å². The van der Waals surface area contributed by atoms with Gasteiger partial charge in [-0.25, -0.2) is 8.78 Å². The lowest BCUT2D eigenvalue weighted by Gasteiger charge is -2.01. The zero-order chi connectivity index (χ0) is 9.42. The summed E-state index contributed by atoms with van der Waals surface area (Å²) in [5.41, 5.74) is 1.05. The summed E-state index contributed by atoms with van der Waals surface area (Å²) in [6, 6.07) is 3.86. The molecule has 2 rings (SSSR count). The average Bonchev–Trinajstić information content (AvgIpc) is 2.07. The minimum Gasteiger partial charge on any atom is -0.253 e. The number of aromatic nitrogens is 1. The summed E-state index contributed by atoms with van der Waals surface area (Å²) in [6.07, 6.45) is 1.51. The van der Waals surface area contributed by atoms with Gasteiger partial charge in [-0.05, 0) is 24.6 Å². The third-order valence-corrected chi connectivity index (χ3v) is 1.98. The Morgan fingerprint density at radius 3 is 2.77 bits per heavy atom. The molecule has 0 aliphatic rings. The molecule has 0 aliphatic heterocycles. The molecule has 0 radical (unpaired) electrons. The first-order valence-electron chi connectivity index (χ1n) is 3.89. The highest BCUT2D eigenvalue weighted by atomic mass is 19.1. The summed E-state index contributed by atoms with van der Waals surface area (Å²) in [5.74, 6) is -1.18. The fraction of sp³-hybridized carbons (Fsp3) is 0.100. The van der Waals surface area contributed by atoms with Crippen LogP contribution in [0.15, 0.2) is 24.4 Å². The Labute approximate surface area is 74.0 Å². The maximum Gasteiger partial charge on any atom is 0.152 e. The van der Waals surface area contributed by atoms with Gasteiger partial charge in [-0.3, -0.25) is 4.98 Å². The third-order valence-electron chi connectivity index (χ3n) is 1.98. The normalized spacial score (nSPS) is 10.7. The highest BCUT2D eigenvalue weighted by Gasteiger charge is 2.05. The summed E-state index contributed by atoms with van der Waals surface area (Å²) >= 11 is 0. The number of hydrogen-bond donors (Lipinski definition) is 0. The smallest absolute Gasteiger partial charge is 0.152 e. The molecule has 0 bridgehead atoms. The minimum atomic E-state index is -0.612. The number of hydrogen-bond acceptors (Lipinski definition) is 1. The summed E-state index contributed by atoms with van der Waals surface area (Å²) in [6.45, 7) is 1.79. The predicted molar refractivity (Wildman–Crippen MR) is 46.4 cm³/mol. The summed E-state index contributed by atoms with van der Waals surface area (Å²) in [4.78, 5) is 3.84. The van der Waals surface area contributed by atoms with E-state index < -0.39 is 11.6 Å². The van der Waals surface area contributed by atoms with Gasteiger partial charge in [-0.1, -0.05) is 0 Å². The van der Waals surface area contributed by atoms with Crippen molar-refractivity contribution in [1.82, 2.24) is 4.98 Å². The number of fused-ring (bicyclic) bond motifs is 1. The van der Waals surface area contributed by atoms with Gasteiger partial charge < -0.3 is 0 Å². The van der Waals surface area contributed by atoms with Crippen LogP contribution in [0.3, 0.4) is 0 Å². The number of aryl methyl sites for hydroxylation is 1. The van der Waals surface area contributed by atoms with Gasteiger partial charge >= 0.3 is 0 Å². The zero-order valence-electron chi connectivity index (χ0n) is 7.01. The van der Waals surface area contributed by atoms with Crippen molar-refractivity contribution in [2.45, 2.75) is 6.92 Å². The van der Waals surface area contributed by atoms with Crippen LogP contribution in [0.5, 0.6) is 0 Å². The van der Waals surface area contributed by atoms with E-state index in [0.717, 1.165) is 11.6 Å². The first kappa shape index (κ1) is 8.10. The van der Waals surface area contributed by atoms with Crippen molar-refractivity contribution in [3.8, 4) is 0 Å². The van der Waals surface area contributed by atoms with Crippen LogP contribution in [0, 0.1) is 18.6 Å². The summed E-state index contributed by atoms with van der Waals surface area (Å²) < 4.78 is 25.9. The molecule has 13 heavy (non-hydrogen) atoms. The molecule has 1 nitrogen and oxygen atoms in total. The van der Waals surface area contributed by atoms with E-state index in [1.165, 1.54) is 12.3 Å². The van der Waals surface area contributed by atoms with Crippen LogP contribution in [-0.2, 0) is 0 Å². The molecule has 0 saturated heterocycles. The van der Waals surface area contributed by atoms with Gasteiger partial charge in [0, 0.05) is 17.6 Å². The van der Waals surface area contributed by atoms with E-state index in [4.69, 9.17) is 0 Å². The largest absolute Gasteiger partial charge is 0.253 e. The highest BCUT2D eigenvalue weighted by Crippen LogP contribution is 2.19. The van der Waals surface area contributed by atoms with Crippen LogP contribution in [0.1, 0.15) is 5.56 Å². The third kappa shape index (κ3) is 1.26. The van der Waals surface area contributed by atoms with Gasteiger partial charge in [0.1, 0.15) is 11.3 Å². The van der Waals surface area contributed by atoms with Gasteiger partial charge in [-0.2, -0.15) is 0 Å². The molecule has 0 aliphatic carbocycles. The maximum absolute atomic E-state index is 13.1. The van der Waals surface area contributed by atoms with E-state index in [0.29, 0.717) is 5.39 Å². The van der Waals surface area contributed by atoms with Crippen LogP contribution >= 0.6 is 0 Å². The lowest BCUT2D eigenvalue weighted by molar-refractivity contribution is 0.590. The highest BCUT2D eigenvalue weighted by molar-refractivity contribution is 5.82. The van der Waals surface area contributed by atoms with Gasteiger partial charge in [0.05, 0.1) is 0 Å². The number of halogens is 2. The van der Waals surface area contributed by atoms with Gasteiger partial charge in [0.15, 0.2) is 5.82 Å². The molecular formula is C10H7F2N. The maximum atomic E-state index is 13.1. The molecule has 3 heteroatoms. The second-order valence-electron chi connectivity index (χ2n) is 2.91. The van der Waals surface area contributed by atoms with E-state index in [2.05, 4.69) is 4.98 Å². The minimum absolute atomic E-state index is 0.224. The predicted octanol–water partition coefficient (Wildman–Crippen LogP) is 2.82. The Bertz CT molecular complexity index is 466. The van der Waals surface area contributed by atoms with Gasteiger partial charge in [-0.15, -0.1) is 0 Å². The first-order valence-corrected chi connectivity index (χ1v) is 3.89. The lowest BCUT2D eigenvalue weighted by Crippen LogP contribution is -1.88. The molecule has 66 valence electrons. The number of benzene rings is 1.